The zero-order valence-electron chi connectivity index (χ0n) is 10.9. The fourth-order valence-corrected chi connectivity index (χ4v) is 2.09. The molecule has 4 heteroatoms. The van der Waals surface area contributed by atoms with Gasteiger partial charge in [0.1, 0.15) is 5.82 Å². The molecule has 1 aromatic heterocycles. The maximum Gasteiger partial charge on any atom is 0.130 e. The van der Waals surface area contributed by atoms with E-state index in [1.54, 1.807) is 17.7 Å². The smallest absolute Gasteiger partial charge is 0.130 e. The van der Waals surface area contributed by atoms with Gasteiger partial charge in [0.25, 0.3) is 0 Å². The lowest BCUT2D eigenvalue weighted by molar-refractivity contribution is 0.523. The van der Waals surface area contributed by atoms with Crippen molar-refractivity contribution in [2.45, 2.75) is 19.4 Å². The van der Waals surface area contributed by atoms with Crippen molar-refractivity contribution in [3.8, 4) is 0 Å². The molecule has 1 atom stereocenters. The molecule has 0 aliphatic carbocycles. The summed E-state index contributed by atoms with van der Waals surface area (Å²) in [4.78, 5) is 0. The third-order valence-corrected chi connectivity index (χ3v) is 3.13. The maximum atomic E-state index is 14.1. The highest BCUT2D eigenvalue weighted by Gasteiger charge is 2.16. The Hall–Kier alpha value is -1.68. The lowest BCUT2D eigenvalue weighted by Crippen LogP contribution is -2.20. The van der Waals surface area contributed by atoms with Gasteiger partial charge in [0.2, 0.25) is 0 Å². The van der Waals surface area contributed by atoms with Crippen molar-refractivity contribution < 1.29 is 4.39 Å². The summed E-state index contributed by atoms with van der Waals surface area (Å²) in [5.74, 6) is -0.132. The summed E-state index contributed by atoms with van der Waals surface area (Å²) in [6, 6.07) is 7.40. The second-order valence-electron chi connectivity index (χ2n) is 4.50. The molecule has 2 rings (SSSR count). The highest BCUT2D eigenvalue weighted by molar-refractivity contribution is 5.28. The Balaban J connectivity index is 2.25. The number of hydrogen-bond acceptors (Lipinski definition) is 2. The van der Waals surface area contributed by atoms with Crippen LogP contribution in [0.5, 0.6) is 0 Å². The minimum atomic E-state index is -0.132. The molecule has 1 aromatic carbocycles. The molecular formula is C14H18FN3. The second kappa shape index (κ2) is 5.31. The van der Waals surface area contributed by atoms with Gasteiger partial charge >= 0.3 is 0 Å². The molecule has 18 heavy (non-hydrogen) atoms. The molecule has 0 aliphatic rings. The molecule has 96 valence electrons. The molecule has 1 unspecified atom stereocenters. The third-order valence-electron chi connectivity index (χ3n) is 3.13. The number of benzene rings is 1. The van der Waals surface area contributed by atoms with Crippen LogP contribution in [0, 0.1) is 12.7 Å². The fraction of sp³-hybridized carbons (Fsp3) is 0.357. The van der Waals surface area contributed by atoms with Gasteiger partial charge in [-0.3, -0.25) is 4.68 Å². The summed E-state index contributed by atoms with van der Waals surface area (Å²) >= 11 is 0. The average Bonchev–Trinajstić information content (AvgIpc) is 2.76. The van der Waals surface area contributed by atoms with Gasteiger partial charge in [-0.1, -0.05) is 18.2 Å². The largest absolute Gasteiger partial charge is 0.313 e. The SMILES string of the molecule is CNC(Cc1ccn(C)n1)c1cccc(C)c1F. The van der Waals surface area contributed by atoms with Crippen LogP contribution in [0.4, 0.5) is 4.39 Å². The molecule has 0 spiro atoms. The first-order chi connectivity index (χ1) is 8.61. The summed E-state index contributed by atoms with van der Waals surface area (Å²) in [5.41, 5.74) is 2.33. The van der Waals surface area contributed by atoms with Crippen LogP contribution in [0.25, 0.3) is 0 Å². The Kier molecular flexibility index (Phi) is 3.77. The highest BCUT2D eigenvalue weighted by Crippen LogP contribution is 2.22. The minimum Gasteiger partial charge on any atom is -0.313 e. The number of aromatic nitrogens is 2. The van der Waals surface area contributed by atoms with E-state index in [0.29, 0.717) is 17.5 Å². The lowest BCUT2D eigenvalue weighted by atomic mass is 9.99. The van der Waals surface area contributed by atoms with Crippen molar-refractivity contribution in [3.05, 3.63) is 53.1 Å². The summed E-state index contributed by atoms with van der Waals surface area (Å²) in [7, 11) is 3.72. The Morgan fingerprint density at radius 3 is 2.78 bits per heavy atom. The van der Waals surface area contributed by atoms with Crippen molar-refractivity contribution in [1.82, 2.24) is 15.1 Å². The third kappa shape index (κ3) is 2.59. The van der Waals surface area contributed by atoms with Crippen LogP contribution in [0.3, 0.4) is 0 Å². The normalized spacial score (nSPS) is 12.7. The molecule has 0 aliphatic heterocycles. The summed E-state index contributed by atoms with van der Waals surface area (Å²) < 4.78 is 15.8. The van der Waals surface area contributed by atoms with E-state index >= 15 is 0 Å². The van der Waals surface area contributed by atoms with Crippen molar-refractivity contribution >= 4 is 0 Å². The van der Waals surface area contributed by atoms with Gasteiger partial charge in [0.15, 0.2) is 0 Å². The Labute approximate surface area is 107 Å². The van der Waals surface area contributed by atoms with E-state index in [2.05, 4.69) is 10.4 Å². The second-order valence-corrected chi connectivity index (χ2v) is 4.50. The topological polar surface area (TPSA) is 29.9 Å². The lowest BCUT2D eigenvalue weighted by Gasteiger charge is -2.17. The number of aryl methyl sites for hydroxylation is 2. The number of nitrogens with one attached hydrogen (secondary N) is 1. The van der Waals surface area contributed by atoms with E-state index in [1.807, 2.05) is 38.5 Å². The predicted octanol–water partition coefficient (Wildman–Crippen LogP) is 2.37. The zero-order valence-corrected chi connectivity index (χ0v) is 10.9. The van der Waals surface area contributed by atoms with Crippen LogP contribution in [0.1, 0.15) is 22.9 Å². The van der Waals surface area contributed by atoms with E-state index < -0.39 is 0 Å². The molecule has 2 aromatic rings. The standard InChI is InChI=1S/C14H18FN3/c1-10-5-4-6-12(14(10)15)13(16-2)9-11-7-8-18(3)17-11/h4-8,13,16H,9H2,1-3H3. The zero-order chi connectivity index (χ0) is 13.1. The van der Waals surface area contributed by atoms with Crippen molar-refractivity contribution in [2.24, 2.45) is 7.05 Å². The van der Waals surface area contributed by atoms with Gasteiger partial charge < -0.3 is 5.32 Å². The maximum absolute atomic E-state index is 14.1. The Bertz CT molecular complexity index is 534. The first kappa shape index (κ1) is 12.8. The van der Waals surface area contributed by atoms with Gasteiger partial charge in [-0.05, 0) is 25.6 Å². The molecule has 0 bridgehead atoms. The van der Waals surface area contributed by atoms with Crippen LogP contribution in [-0.2, 0) is 13.5 Å². The Morgan fingerprint density at radius 2 is 2.17 bits per heavy atom. The van der Waals surface area contributed by atoms with E-state index in [1.165, 1.54) is 0 Å². The van der Waals surface area contributed by atoms with E-state index in [-0.39, 0.29) is 11.9 Å². The highest BCUT2D eigenvalue weighted by atomic mass is 19.1. The van der Waals surface area contributed by atoms with Gasteiger partial charge in [-0.2, -0.15) is 5.10 Å². The summed E-state index contributed by atoms with van der Waals surface area (Å²) in [5, 5.41) is 7.49. The summed E-state index contributed by atoms with van der Waals surface area (Å²) in [6.45, 7) is 1.78. The summed E-state index contributed by atoms with van der Waals surface area (Å²) in [6.07, 6.45) is 2.58. The average molecular weight is 247 g/mol. The molecule has 1 N–H and O–H groups in total. The van der Waals surface area contributed by atoms with Crippen molar-refractivity contribution in [2.75, 3.05) is 7.05 Å². The molecule has 0 fully saturated rings. The molecular weight excluding hydrogens is 229 g/mol. The van der Waals surface area contributed by atoms with Crippen LogP contribution >= 0.6 is 0 Å². The van der Waals surface area contributed by atoms with E-state index in [9.17, 15) is 4.39 Å². The fourth-order valence-electron chi connectivity index (χ4n) is 2.09. The number of rotatable bonds is 4. The van der Waals surface area contributed by atoms with Gasteiger partial charge in [0, 0.05) is 31.3 Å². The molecule has 0 saturated carbocycles. The first-order valence-corrected chi connectivity index (χ1v) is 6.02. The molecule has 0 radical (unpaired) electrons. The minimum absolute atomic E-state index is 0.0557. The van der Waals surface area contributed by atoms with Gasteiger partial charge in [0.05, 0.1) is 5.69 Å². The predicted molar refractivity (Wildman–Crippen MR) is 69.8 cm³/mol. The number of likely N-dealkylation sites (N-methyl/N-ethyl adjacent to an activating group) is 1. The number of hydrogen-bond donors (Lipinski definition) is 1. The first-order valence-electron chi connectivity index (χ1n) is 6.02. The molecule has 1 heterocycles. The van der Waals surface area contributed by atoms with Crippen LogP contribution in [-0.4, -0.2) is 16.8 Å². The number of nitrogens with zero attached hydrogens (tertiary/aromatic N) is 2. The molecule has 0 saturated heterocycles. The van der Waals surface area contributed by atoms with E-state index in [4.69, 9.17) is 0 Å². The quantitative estimate of drug-likeness (QED) is 0.899. The van der Waals surface area contributed by atoms with Gasteiger partial charge in [-0.15, -0.1) is 0 Å². The van der Waals surface area contributed by atoms with Crippen molar-refractivity contribution in [1.29, 1.82) is 0 Å². The van der Waals surface area contributed by atoms with E-state index in [0.717, 1.165) is 5.69 Å². The Morgan fingerprint density at radius 1 is 1.39 bits per heavy atom. The van der Waals surface area contributed by atoms with Crippen LogP contribution in [0.2, 0.25) is 0 Å². The van der Waals surface area contributed by atoms with Crippen molar-refractivity contribution in [3.63, 3.8) is 0 Å². The van der Waals surface area contributed by atoms with Crippen LogP contribution < -0.4 is 5.32 Å². The van der Waals surface area contributed by atoms with Gasteiger partial charge in [-0.25, -0.2) is 4.39 Å². The monoisotopic (exact) mass is 247 g/mol. The number of halogens is 1. The molecule has 3 nitrogen and oxygen atoms in total. The van der Waals surface area contributed by atoms with Crippen LogP contribution in [0.15, 0.2) is 30.5 Å². The molecule has 0 amide bonds.